The summed E-state index contributed by atoms with van der Waals surface area (Å²) in [6.45, 7) is 8.07. The van der Waals surface area contributed by atoms with Crippen LogP contribution in [0.3, 0.4) is 0 Å². The Morgan fingerprint density at radius 1 is 1.08 bits per heavy atom. The summed E-state index contributed by atoms with van der Waals surface area (Å²) < 4.78 is 0. The highest BCUT2D eigenvalue weighted by atomic mass is 16.4. The molecular formula is C23H29NO2. The van der Waals surface area contributed by atoms with E-state index in [2.05, 4.69) is 74.2 Å². The Kier molecular flexibility index (Phi) is 5.77. The van der Waals surface area contributed by atoms with Crippen LogP contribution in [0.4, 0.5) is 0 Å². The maximum Gasteiger partial charge on any atom is 0.307 e. The van der Waals surface area contributed by atoms with E-state index in [1.165, 1.54) is 22.3 Å². The lowest BCUT2D eigenvalue weighted by atomic mass is 9.90. The van der Waals surface area contributed by atoms with Gasteiger partial charge in [0.25, 0.3) is 0 Å². The summed E-state index contributed by atoms with van der Waals surface area (Å²) in [6, 6.07) is 17.6. The van der Waals surface area contributed by atoms with Crippen LogP contribution >= 0.6 is 0 Å². The number of carboxylic acid groups (broad SMARTS) is 1. The highest BCUT2D eigenvalue weighted by molar-refractivity contribution is 5.70. The third kappa shape index (κ3) is 4.16. The molecule has 1 saturated heterocycles. The van der Waals surface area contributed by atoms with Gasteiger partial charge < -0.3 is 5.11 Å². The number of likely N-dealkylation sites (tertiary alicyclic amines) is 1. The second-order valence-electron chi connectivity index (χ2n) is 7.81. The van der Waals surface area contributed by atoms with E-state index in [4.69, 9.17) is 0 Å². The van der Waals surface area contributed by atoms with Gasteiger partial charge in [-0.2, -0.15) is 0 Å². The molecule has 1 N–H and O–H groups in total. The average Bonchev–Trinajstić information content (AvgIpc) is 2.63. The van der Waals surface area contributed by atoms with Gasteiger partial charge in [-0.05, 0) is 48.9 Å². The molecule has 2 atom stereocenters. The molecule has 2 aromatic rings. The molecular weight excluding hydrogens is 322 g/mol. The summed E-state index contributed by atoms with van der Waals surface area (Å²) in [5, 5.41) is 9.49. The van der Waals surface area contributed by atoms with E-state index in [-0.39, 0.29) is 12.0 Å². The van der Waals surface area contributed by atoms with Gasteiger partial charge in [0.15, 0.2) is 0 Å². The van der Waals surface area contributed by atoms with Crippen molar-refractivity contribution < 1.29 is 9.90 Å². The van der Waals surface area contributed by atoms with E-state index in [9.17, 15) is 9.90 Å². The van der Waals surface area contributed by atoms with E-state index >= 15 is 0 Å². The minimum Gasteiger partial charge on any atom is -0.481 e. The van der Waals surface area contributed by atoms with Crippen LogP contribution in [0.25, 0.3) is 0 Å². The number of hydrogen-bond donors (Lipinski definition) is 1. The van der Waals surface area contributed by atoms with Crippen LogP contribution in [0.15, 0.2) is 48.5 Å². The van der Waals surface area contributed by atoms with Gasteiger partial charge in [0.1, 0.15) is 0 Å². The summed E-state index contributed by atoms with van der Waals surface area (Å²) in [4.78, 5) is 13.9. The van der Waals surface area contributed by atoms with Crippen molar-refractivity contribution in [1.82, 2.24) is 4.90 Å². The number of nitrogens with zero attached hydrogens (tertiary/aromatic N) is 1. The van der Waals surface area contributed by atoms with Gasteiger partial charge >= 0.3 is 5.97 Å². The minimum atomic E-state index is -0.673. The normalized spacial score (nSPS) is 19.5. The highest BCUT2D eigenvalue weighted by Crippen LogP contribution is 2.33. The number of hydrogen-bond acceptors (Lipinski definition) is 2. The number of rotatable bonds is 5. The van der Waals surface area contributed by atoms with Crippen LogP contribution in [0.5, 0.6) is 0 Å². The van der Waals surface area contributed by atoms with E-state index in [0.717, 1.165) is 19.4 Å². The summed E-state index contributed by atoms with van der Waals surface area (Å²) >= 11 is 0. The Morgan fingerprint density at radius 3 is 2.38 bits per heavy atom. The molecule has 3 rings (SSSR count). The number of carboxylic acids is 1. The molecule has 0 saturated carbocycles. The fourth-order valence-corrected chi connectivity index (χ4v) is 3.96. The van der Waals surface area contributed by atoms with Crippen LogP contribution in [0, 0.1) is 12.8 Å². The van der Waals surface area contributed by atoms with Gasteiger partial charge in [-0.3, -0.25) is 9.69 Å². The molecule has 1 aliphatic rings. The molecule has 0 aromatic heterocycles. The maximum atomic E-state index is 11.5. The van der Waals surface area contributed by atoms with Crippen LogP contribution < -0.4 is 0 Å². The fraction of sp³-hybridized carbons (Fsp3) is 0.435. The quantitative estimate of drug-likeness (QED) is 0.824. The highest BCUT2D eigenvalue weighted by Gasteiger charge is 2.31. The van der Waals surface area contributed by atoms with Gasteiger partial charge in [-0.1, -0.05) is 67.9 Å². The van der Waals surface area contributed by atoms with Gasteiger partial charge in [0.05, 0.1) is 12.0 Å². The summed E-state index contributed by atoms with van der Waals surface area (Å²) in [7, 11) is 0. The fourth-order valence-electron chi connectivity index (χ4n) is 3.96. The summed E-state index contributed by atoms with van der Waals surface area (Å²) in [5.74, 6) is -0.438. The van der Waals surface area contributed by atoms with Crippen molar-refractivity contribution in [3.8, 4) is 0 Å². The summed E-state index contributed by atoms with van der Waals surface area (Å²) in [5.41, 5.74) is 5.05. The third-order valence-corrected chi connectivity index (χ3v) is 5.44. The van der Waals surface area contributed by atoms with Gasteiger partial charge in [-0.25, -0.2) is 0 Å². The van der Waals surface area contributed by atoms with Crippen LogP contribution in [-0.4, -0.2) is 29.1 Å². The Labute approximate surface area is 156 Å². The van der Waals surface area contributed by atoms with Crippen molar-refractivity contribution in [1.29, 1.82) is 0 Å². The second-order valence-corrected chi connectivity index (χ2v) is 7.81. The van der Waals surface area contributed by atoms with Gasteiger partial charge in [-0.15, -0.1) is 0 Å². The van der Waals surface area contributed by atoms with Crippen molar-refractivity contribution in [3.05, 3.63) is 70.8 Å². The molecule has 26 heavy (non-hydrogen) atoms. The van der Waals surface area contributed by atoms with E-state index in [1.54, 1.807) is 0 Å². The van der Waals surface area contributed by atoms with Crippen LogP contribution in [0.2, 0.25) is 0 Å². The van der Waals surface area contributed by atoms with Gasteiger partial charge in [0.2, 0.25) is 0 Å². The van der Waals surface area contributed by atoms with Crippen LogP contribution in [-0.2, 0) is 4.79 Å². The summed E-state index contributed by atoms with van der Waals surface area (Å²) in [6.07, 6.45) is 1.71. The number of aliphatic carboxylic acids is 1. The van der Waals surface area contributed by atoms with Crippen molar-refractivity contribution in [2.75, 3.05) is 13.1 Å². The Morgan fingerprint density at radius 2 is 1.77 bits per heavy atom. The Balaban J connectivity index is 1.97. The van der Waals surface area contributed by atoms with E-state index in [0.29, 0.717) is 12.5 Å². The minimum absolute atomic E-state index is 0.110. The SMILES string of the molecule is Cc1cccc(C(c2ccc(C(C)C)cc2)N2CCCC(C(=O)O)C2)c1. The maximum absolute atomic E-state index is 11.5. The first-order valence-electron chi connectivity index (χ1n) is 9.59. The molecule has 3 heteroatoms. The predicted octanol–water partition coefficient (Wildman–Crippen LogP) is 5.00. The molecule has 0 amide bonds. The smallest absolute Gasteiger partial charge is 0.307 e. The van der Waals surface area contributed by atoms with Gasteiger partial charge in [0, 0.05) is 6.54 Å². The zero-order valence-corrected chi connectivity index (χ0v) is 16.0. The molecule has 1 heterocycles. The molecule has 3 nitrogen and oxygen atoms in total. The lowest BCUT2D eigenvalue weighted by Crippen LogP contribution is -2.41. The van der Waals surface area contributed by atoms with Crippen molar-refractivity contribution >= 4 is 5.97 Å². The molecule has 2 aromatic carbocycles. The monoisotopic (exact) mass is 351 g/mol. The lowest BCUT2D eigenvalue weighted by Gasteiger charge is -2.37. The molecule has 138 valence electrons. The molecule has 0 bridgehead atoms. The zero-order valence-electron chi connectivity index (χ0n) is 16.0. The lowest BCUT2D eigenvalue weighted by molar-refractivity contribution is -0.143. The number of piperidine rings is 1. The van der Waals surface area contributed by atoms with E-state index < -0.39 is 5.97 Å². The first-order chi connectivity index (χ1) is 12.5. The first kappa shape index (κ1) is 18.7. The number of carbonyl (C=O) groups is 1. The Hall–Kier alpha value is -2.13. The molecule has 2 unspecified atom stereocenters. The van der Waals surface area contributed by atoms with E-state index in [1.807, 2.05) is 0 Å². The molecule has 0 radical (unpaired) electrons. The van der Waals surface area contributed by atoms with Crippen LogP contribution in [0.1, 0.15) is 60.9 Å². The topological polar surface area (TPSA) is 40.5 Å². The average molecular weight is 351 g/mol. The molecule has 1 fully saturated rings. The largest absolute Gasteiger partial charge is 0.481 e. The number of aryl methyl sites for hydroxylation is 1. The van der Waals surface area contributed by atoms with Crippen molar-refractivity contribution in [3.63, 3.8) is 0 Å². The number of benzene rings is 2. The standard InChI is InChI=1S/C23H29NO2/c1-16(2)18-9-11-19(12-10-18)22(20-7-4-6-17(3)14-20)24-13-5-8-21(15-24)23(25)26/h4,6-7,9-12,14,16,21-22H,5,8,13,15H2,1-3H3,(H,25,26). The molecule has 1 aliphatic heterocycles. The molecule has 0 aliphatic carbocycles. The zero-order chi connectivity index (χ0) is 18.7. The predicted molar refractivity (Wildman–Crippen MR) is 105 cm³/mol. The first-order valence-corrected chi connectivity index (χ1v) is 9.59. The Bertz CT molecular complexity index is 751. The van der Waals surface area contributed by atoms with Crippen molar-refractivity contribution in [2.24, 2.45) is 5.92 Å². The molecule has 0 spiro atoms. The third-order valence-electron chi connectivity index (χ3n) is 5.44. The van der Waals surface area contributed by atoms with Crippen molar-refractivity contribution in [2.45, 2.75) is 45.6 Å². The second kappa shape index (κ2) is 8.05.